The number of hydrogen-bond acceptors (Lipinski definition) is 5. The van der Waals surface area contributed by atoms with E-state index in [1.165, 1.54) is 0 Å². The number of nitrogens with one attached hydrogen (secondary N) is 1. The lowest BCUT2D eigenvalue weighted by atomic mass is 9.90. The van der Waals surface area contributed by atoms with E-state index < -0.39 is 0 Å². The molecule has 1 saturated heterocycles. The number of hydrazine groups is 1. The first-order valence-corrected chi connectivity index (χ1v) is 6.44. The van der Waals surface area contributed by atoms with Crippen molar-refractivity contribution < 1.29 is 4.74 Å². The van der Waals surface area contributed by atoms with E-state index in [1.807, 2.05) is 0 Å². The van der Waals surface area contributed by atoms with Crippen LogP contribution in [-0.2, 0) is 4.74 Å². The van der Waals surface area contributed by atoms with E-state index in [2.05, 4.69) is 36.2 Å². The fourth-order valence-electron chi connectivity index (χ4n) is 2.57. The molecule has 0 aromatic carbocycles. The Morgan fingerprint density at radius 3 is 2.71 bits per heavy atom. The van der Waals surface area contributed by atoms with Crippen LogP contribution in [0.2, 0.25) is 0 Å². The third kappa shape index (κ3) is 4.19. The lowest BCUT2D eigenvalue weighted by molar-refractivity contribution is 0.0648. The van der Waals surface area contributed by atoms with Gasteiger partial charge in [0.1, 0.15) is 0 Å². The molecule has 0 amide bonds. The molecule has 0 aromatic rings. The van der Waals surface area contributed by atoms with Crippen molar-refractivity contribution in [2.24, 2.45) is 11.8 Å². The lowest BCUT2D eigenvalue weighted by Crippen LogP contribution is -2.61. The Labute approximate surface area is 105 Å². The maximum Gasteiger partial charge on any atom is 0.0465 e. The van der Waals surface area contributed by atoms with Gasteiger partial charge in [0.25, 0.3) is 0 Å². The van der Waals surface area contributed by atoms with Crippen molar-refractivity contribution in [2.45, 2.75) is 25.4 Å². The Morgan fingerprint density at radius 1 is 1.41 bits per heavy atom. The van der Waals surface area contributed by atoms with Gasteiger partial charge in [0, 0.05) is 45.4 Å². The molecule has 1 fully saturated rings. The van der Waals surface area contributed by atoms with E-state index in [0.717, 1.165) is 32.7 Å². The minimum absolute atomic E-state index is 0.317. The predicted molar refractivity (Wildman–Crippen MR) is 70.7 cm³/mol. The molecule has 0 bridgehead atoms. The molecule has 1 aliphatic heterocycles. The Balaban J connectivity index is 2.57. The van der Waals surface area contributed by atoms with Crippen LogP contribution in [-0.4, -0.2) is 69.3 Å². The zero-order chi connectivity index (χ0) is 12.8. The summed E-state index contributed by atoms with van der Waals surface area (Å²) < 4.78 is 5.15. The molecule has 0 saturated carbocycles. The van der Waals surface area contributed by atoms with Gasteiger partial charge in [-0.15, -0.1) is 0 Å². The first-order chi connectivity index (χ1) is 8.10. The number of nitrogens with two attached hydrogens (primary N) is 1. The van der Waals surface area contributed by atoms with Gasteiger partial charge >= 0.3 is 0 Å². The zero-order valence-corrected chi connectivity index (χ0v) is 11.6. The van der Waals surface area contributed by atoms with E-state index in [0.29, 0.717) is 18.0 Å². The Morgan fingerprint density at radius 2 is 2.12 bits per heavy atom. The molecule has 1 heterocycles. The molecule has 0 aromatic heterocycles. The number of piperazine rings is 1. The molecule has 3 N–H and O–H groups in total. The molecule has 1 aliphatic rings. The molecular weight excluding hydrogens is 216 g/mol. The first kappa shape index (κ1) is 14.9. The summed E-state index contributed by atoms with van der Waals surface area (Å²) in [5.41, 5.74) is 3.01. The van der Waals surface area contributed by atoms with Gasteiger partial charge in [-0.2, -0.15) is 0 Å². The van der Waals surface area contributed by atoms with E-state index in [4.69, 9.17) is 10.6 Å². The molecule has 3 atom stereocenters. The highest BCUT2D eigenvalue weighted by Crippen LogP contribution is 2.18. The Bertz CT molecular complexity index is 215. The quantitative estimate of drug-likeness (QED) is 0.498. The fraction of sp³-hybridized carbons (Fsp3) is 1.00. The van der Waals surface area contributed by atoms with Gasteiger partial charge < -0.3 is 9.64 Å². The minimum atomic E-state index is 0.317. The summed E-state index contributed by atoms with van der Waals surface area (Å²) in [6.45, 7) is 6.35. The standard InChI is InChI=1S/C12H28N4O/c1-10(5-8-17-4)12(14-13)11-9-15(2)6-7-16(11)3/h10-12,14H,5-9,13H2,1-4H3. The summed E-state index contributed by atoms with van der Waals surface area (Å²) >= 11 is 0. The Hall–Kier alpha value is -0.200. The van der Waals surface area contributed by atoms with Crippen LogP contribution in [0.5, 0.6) is 0 Å². The Kier molecular flexibility index (Phi) is 6.37. The molecule has 5 nitrogen and oxygen atoms in total. The third-order valence-corrected chi connectivity index (χ3v) is 3.90. The third-order valence-electron chi connectivity index (χ3n) is 3.90. The van der Waals surface area contributed by atoms with Crippen LogP contribution in [0.25, 0.3) is 0 Å². The number of hydrogen-bond donors (Lipinski definition) is 2. The molecule has 3 unspecified atom stereocenters. The van der Waals surface area contributed by atoms with Gasteiger partial charge in [-0.3, -0.25) is 16.2 Å². The van der Waals surface area contributed by atoms with Gasteiger partial charge in [-0.25, -0.2) is 0 Å². The van der Waals surface area contributed by atoms with E-state index in [1.54, 1.807) is 7.11 Å². The van der Waals surface area contributed by atoms with Gasteiger partial charge in [0.05, 0.1) is 0 Å². The lowest BCUT2D eigenvalue weighted by Gasteiger charge is -2.43. The molecule has 1 rings (SSSR count). The summed E-state index contributed by atoms with van der Waals surface area (Å²) in [5, 5.41) is 0. The summed E-state index contributed by atoms with van der Waals surface area (Å²) in [4.78, 5) is 4.78. The maximum atomic E-state index is 5.75. The topological polar surface area (TPSA) is 53.8 Å². The second-order valence-corrected chi connectivity index (χ2v) is 5.26. The van der Waals surface area contributed by atoms with E-state index >= 15 is 0 Å². The monoisotopic (exact) mass is 244 g/mol. The number of ether oxygens (including phenoxy) is 1. The first-order valence-electron chi connectivity index (χ1n) is 6.44. The molecular formula is C12H28N4O. The van der Waals surface area contributed by atoms with Crippen LogP contribution in [0.4, 0.5) is 0 Å². The minimum Gasteiger partial charge on any atom is -0.385 e. The van der Waals surface area contributed by atoms with Gasteiger partial charge in [0.15, 0.2) is 0 Å². The molecule has 0 aliphatic carbocycles. The summed E-state index contributed by atoms with van der Waals surface area (Å²) in [7, 11) is 6.11. The van der Waals surface area contributed by atoms with Crippen molar-refractivity contribution in [3.63, 3.8) is 0 Å². The van der Waals surface area contributed by atoms with Crippen molar-refractivity contribution >= 4 is 0 Å². The van der Waals surface area contributed by atoms with Crippen molar-refractivity contribution in [3.05, 3.63) is 0 Å². The zero-order valence-electron chi connectivity index (χ0n) is 11.6. The SMILES string of the molecule is COCCC(C)C(NN)C1CN(C)CCN1C. The highest BCUT2D eigenvalue weighted by molar-refractivity contribution is 4.90. The molecule has 17 heavy (non-hydrogen) atoms. The summed E-state index contributed by atoms with van der Waals surface area (Å²) in [6, 6.07) is 0.795. The summed E-state index contributed by atoms with van der Waals surface area (Å²) in [5.74, 6) is 6.26. The van der Waals surface area contributed by atoms with Crippen molar-refractivity contribution in [1.82, 2.24) is 15.2 Å². The van der Waals surface area contributed by atoms with Crippen LogP contribution >= 0.6 is 0 Å². The molecule has 5 heteroatoms. The molecule has 102 valence electrons. The van der Waals surface area contributed by atoms with Gasteiger partial charge in [-0.1, -0.05) is 6.92 Å². The number of rotatable bonds is 6. The van der Waals surface area contributed by atoms with Crippen molar-refractivity contribution in [1.29, 1.82) is 0 Å². The number of likely N-dealkylation sites (N-methyl/N-ethyl adjacent to an activating group) is 2. The molecule has 0 radical (unpaired) electrons. The van der Waals surface area contributed by atoms with Crippen LogP contribution < -0.4 is 11.3 Å². The van der Waals surface area contributed by atoms with Crippen molar-refractivity contribution in [3.8, 4) is 0 Å². The van der Waals surface area contributed by atoms with Crippen LogP contribution in [0, 0.1) is 5.92 Å². The maximum absolute atomic E-state index is 5.75. The second-order valence-electron chi connectivity index (χ2n) is 5.26. The van der Waals surface area contributed by atoms with E-state index in [9.17, 15) is 0 Å². The predicted octanol–water partition coefficient (Wildman–Crippen LogP) is -0.263. The van der Waals surface area contributed by atoms with Crippen molar-refractivity contribution in [2.75, 3.05) is 47.4 Å². The second kappa shape index (κ2) is 7.28. The van der Waals surface area contributed by atoms with Crippen LogP contribution in [0.3, 0.4) is 0 Å². The molecule has 0 spiro atoms. The van der Waals surface area contributed by atoms with Crippen LogP contribution in [0.1, 0.15) is 13.3 Å². The highest BCUT2D eigenvalue weighted by Gasteiger charge is 2.32. The largest absolute Gasteiger partial charge is 0.385 e. The average Bonchev–Trinajstić information content (AvgIpc) is 2.32. The fourth-order valence-corrected chi connectivity index (χ4v) is 2.57. The van der Waals surface area contributed by atoms with E-state index in [-0.39, 0.29) is 0 Å². The smallest absolute Gasteiger partial charge is 0.0465 e. The number of methoxy groups -OCH3 is 1. The average molecular weight is 244 g/mol. The highest BCUT2D eigenvalue weighted by atomic mass is 16.5. The van der Waals surface area contributed by atoms with Gasteiger partial charge in [-0.05, 0) is 26.4 Å². The summed E-state index contributed by atoms with van der Waals surface area (Å²) in [6.07, 6.45) is 1.04. The van der Waals surface area contributed by atoms with Crippen LogP contribution in [0.15, 0.2) is 0 Å². The van der Waals surface area contributed by atoms with Gasteiger partial charge in [0.2, 0.25) is 0 Å². The number of nitrogens with zero attached hydrogens (tertiary/aromatic N) is 2. The normalized spacial score (nSPS) is 27.0.